The van der Waals surface area contributed by atoms with Crippen LogP contribution in [0.15, 0.2) is 18.2 Å². The normalized spacial score (nSPS) is 24.1. The molecule has 1 unspecified atom stereocenters. The Morgan fingerprint density at radius 3 is 2.70 bits per heavy atom. The number of hydrogen-bond acceptors (Lipinski definition) is 3. The maximum absolute atomic E-state index is 13.7. The van der Waals surface area contributed by atoms with Crippen molar-refractivity contribution in [3.63, 3.8) is 0 Å². The average molecular weight is 373 g/mol. The van der Waals surface area contributed by atoms with Crippen molar-refractivity contribution in [2.24, 2.45) is 5.41 Å². The van der Waals surface area contributed by atoms with E-state index in [0.717, 1.165) is 25.9 Å². The minimum Gasteiger partial charge on any atom is -0.342 e. The molecule has 2 saturated heterocycles. The first-order chi connectivity index (χ1) is 12.9. The third-order valence-electron chi connectivity index (χ3n) is 6.27. The Kier molecular flexibility index (Phi) is 4.40. The SMILES string of the molecule is CCN1CC2(CCN(C(=O)C3CC(=O)Nc4ccc(F)cc43)CC2)CC1=O. The van der Waals surface area contributed by atoms with Crippen molar-refractivity contribution >= 4 is 23.4 Å². The lowest BCUT2D eigenvalue weighted by atomic mass is 9.77. The van der Waals surface area contributed by atoms with E-state index in [1.807, 2.05) is 11.8 Å². The molecule has 2 fully saturated rings. The highest BCUT2D eigenvalue weighted by Gasteiger charge is 2.45. The van der Waals surface area contributed by atoms with Crippen molar-refractivity contribution in [1.82, 2.24) is 9.80 Å². The highest BCUT2D eigenvalue weighted by Crippen LogP contribution is 2.42. The summed E-state index contributed by atoms with van der Waals surface area (Å²) in [6.45, 7) is 4.63. The van der Waals surface area contributed by atoms with Gasteiger partial charge in [0.25, 0.3) is 0 Å². The second kappa shape index (κ2) is 6.62. The van der Waals surface area contributed by atoms with Gasteiger partial charge in [-0.3, -0.25) is 14.4 Å². The van der Waals surface area contributed by atoms with E-state index in [1.54, 1.807) is 4.90 Å². The first-order valence-corrected chi connectivity index (χ1v) is 9.57. The second-order valence-electron chi connectivity index (χ2n) is 7.95. The smallest absolute Gasteiger partial charge is 0.230 e. The Bertz CT molecular complexity index is 802. The van der Waals surface area contributed by atoms with E-state index >= 15 is 0 Å². The lowest BCUT2D eigenvalue weighted by molar-refractivity contribution is -0.137. The number of anilines is 1. The van der Waals surface area contributed by atoms with E-state index in [9.17, 15) is 18.8 Å². The molecule has 1 spiro atoms. The summed E-state index contributed by atoms with van der Waals surface area (Å²) in [6, 6.07) is 4.14. The number of carbonyl (C=O) groups is 3. The summed E-state index contributed by atoms with van der Waals surface area (Å²) < 4.78 is 13.7. The lowest BCUT2D eigenvalue weighted by Crippen LogP contribution is -2.46. The number of fused-ring (bicyclic) bond motifs is 1. The largest absolute Gasteiger partial charge is 0.342 e. The summed E-state index contributed by atoms with van der Waals surface area (Å²) in [5, 5.41) is 2.71. The van der Waals surface area contributed by atoms with Crippen LogP contribution in [0.5, 0.6) is 0 Å². The van der Waals surface area contributed by atoms with E-state index < -0.39 is 11.7 Å². The molecule has 4 rings (SSSR count). The van der Waals surface area contributed by atoms with Gasteiger partial charge in [-0.25, -0.2) is 4.39 Å². The molecule has 0 aliphatic carbocycles. The zero-order chi connectivity index (χ0) is 19.2. The summed E-state index contributed by atoms with van der Waals surface area (Å²) in [7, 11) is 0. The fraction of sp³-hybridized carbons (Fsp3) is 0.550. The van der Waals surface area contributed by atoms with Crippen LogP contribution in [0.3, 0.4) is 0 Å². The first kappa shape index (κ1) is 17.9. The van der Waals surface area contributed by atoms with Crippen LogP contribution in [-0.4, -0.2) is 53.7 Å². The van der Waals surface area contributed by atoms with Crippen molar-refractivity contribution in [2.75, 3.05) is 31.5 Å². The van der Waals surface area contributed by atoms with Crippen LogP contribution in [0, 0.1) is 11.2 Å². The highest BCUT2D eigenvalue weighted by atomic mass is 19.1. The highest BCUT2D eigenvalue weighted by molar-refractivity contribution is 6.01. The lowest BCUT2D eigenvalue weighted by Gasteiger charge is -2.40. The summed E-state index contributed by atoms with van der Waals surface area (Å²) in [5.41, 5.74) is 1.03. The number of rotatable bonds is 2. The molecule has 3 heterocycles. The molecule has 3 aliphatic rings. The molecule has 1 aromatic carbocycles. The maximum atomic E-state index is 13.7. The molecule has 1 aromatic rings. The van der Waals surface area contributed by atoms with Crippen LogP contribution in [0.25, 0.3) is 0 Å². The Morgan fingerprint density at radius 1 is 1.30 bits per heavy atom. The van der Waals surface area contributed by atoms with Crippen LogP contribution in [0.4, 0.5) is 10.1 Å². The predicted molar refractivity (Wildman–Crippen MR) is 97.5 cm³/mol. The van der Waals surface area contributed by atoms with E-state index in [1.165, 1.54) is 18.2 Å². The van der Waals surface area contributed by atoms with Crippen molar-refractivity contribution in [2.45, 2.75) is 38.5 Å². The van der Waals surface area contributed by atoms with Gasteiger partial charge in [0.1, 0.15) is 5.82 Å². The summed E-state index contributed by atoms with van der Waals surface area (Å²) in [6.07, 6.45) is 2.17. The van der Waals surface area contributed by atoms with Gasteiger partial charge in [0.05, 0.1) is 5.92 Å². The van der Waals surface area contributed by atoms with Crippen molar-refractivity contribution in [3.8, 4) is 0 Å². The second-order valence-corrected chi connectivity index (χ2v) is 7.95. The monoisotopic (exact) mass is 373 g/mol. The van der Waals surface area contributed by atoms with Gasteiger partial charge in [0.2, 0.25) is 17.7 Å². The minimum atomic E-state index is -0.643. The zero-order valence-corrected chi connectivity index (χ0v) is 15.5. The Labute approximate surface area is 157 Å². The fourth-order valence-corrected chi connectivity index (χ4v) is 4.68. The van der Waals surface area contributed by atoms with Crippen LogP contribution in [0.2, 0.25) is 0 Å². The Hall–Kier alpha value is -2.44. The van der Waals surface area contributed by atoms with Crippen molar-refractivity contribution in [1.29, 1.82) is 0 Å². The van der Waals surface area contributed by atoms with Gasteiger partial charge in [0.15, 0.2) is 0 Å². The summed E-state index contributed by atoms with van der Waals surface area (Å²) in [5.74, 6) is -1.20. The summed E-state index contributed by atoms with van der Waals surface area (Å²) in [4.78, 5) is 40.9. The van der Waals surface area contributed by atoms with Crippen LogP contribution in [-0.2, 0) is 14.4 Å². The number of nitrogens with one attached hydrogen (secondary N) is 1. The average Bonchev–Trinajstić information content (AvgIpc) is 2.96. The van der Waals surface area contributed by atoms with Crippen molar-refractivity contribution in [3.05, 3.63) is 29.6 Å². The molecule has 144 valence electrons. The van der Waals surface area contributed by atoms with Crippen molar-refractivity contribution < 1.29 is 18.8 Å². The zero-order valence-electron chi connectivity index (χ0n) is 15.5. The number of benzene rings is 1. The van der Waals surface area contributed by atoms with Gasteiger partial charge in [-0.15, -0.1) is 0 Å². The van der Waals surface area contributed by atoms with E-state index in [-0.39, 0.29) is 29.6 Å². The van der Waals surface area contributed by atoms with Crippen LogP contribution >= 0.6 is 0 Å². The quantitative estimate of drug-likeness (QED) is 0.863. The molecule has 7 heteroatoms. The van der Waals surface area contributed by atoms with Gasteiger partial charge < -0.3 is 15.1 Å². The Balaban J connectivity index is 1.48. The topological polar surface area (TPSA) is 69.7 Å². The molecule has 3 amide bonds. The molecule has 0 saturated carbocycles. The van der Waals surface area contributed by atoms with Gasteiger partial charge >= 0.3 is 0 Å². The minimum absolute atomic E-state index is 0.0299. The predicted octanol–water partition coefficient (Wildman–Crippen LogP) is 2.11. The molecule has 3 aliphatic heterocycles. The molecule has 0 aromatic heterocycles. The molecule has 27 heavy (non-hydrogen) atoms. The number of nitrogens with zero attached hydrogens (tertiary/aromatic N) is 2. The van der Waals surface area contributed by atoms with Gasteiger partial charge in [-0.05, 0) is 43.5 Å². The standard InChI is InChI=1S/C20H24FN3O3/c1-2-23-12-20(11-18(23)26)5-7-24(8-6-20)19(27)15-10-17(25)22-16-4-3-13(21)9-14(15)16/h3-4,9,15H,2,5-8,10-12H2,1H3,(H,22,25). The molecule has 1 atom stereocenters. The van der Waals surface area contributed by atoms with Crippen LogP contribution in [0.1, 0.15) is 44.1 Å². The van der Waals surface area contributed by atoms with Crippen LogP contribution < -0.4 is 5.32 Å². The number of halogens is 1. The fourth-order valence-electron chi connectivity index (χ4n) is 4.68. The van der Waals surface area contributed by atoms with E-state index in [0.29, 0.717) is 30.8 Å². The third kappa shape index (κ3) is 3.19. The molecular formula is C20H24FN3O3. The van der Waals surface area contributed by atoms with E-state index in [2.05, 4.69) is 5.32 Å². The first-order valence-electron chi connectivity index (χ1n) is 9.57. The summed E-state index contributed by atoms with van der Waals surface area (Å²) >= 11 is 0. The molecule has 6 nitrogen and oxygen atoms in total. The maximum Gasteiger partial charge on any atom is 0.230 e. The number of amides is 3. The molecular weight excluding hydrogens is 349 g/mol. The molecule has 1 N–H and O–H groups in total. The van der Waals surface area contributed by atoms with E-state index in [4.69, 9.17) is 0 Å². The number of piperidine rings is 1. The van der Waals surface area contributed by atoms with Gasteiger partial charge in [-0.1, -0.05) is 0 Å². The number of carbonyl (C=O) groups excluding carboxylic acids is 3. The van der Waals surface area contributed by atoms with Gasteiger partial charge in [0, 0.05) is 50.1 Å². The molecule has 0 radical (unpaired) electrons. The number of hydrogen-bond donors (Lipinski definition) is 1. The van der Waals surface area contributed by atoms with Gasteiger partial charge in [-0.2, -0.15) is 0 Å². The Morgan fingerprint density at radius 2 is 2.04 bits per heavy atom. The third-order valence-corrected chi connectivity index (χ3v) is 6.27. The number of likely N-dealkylation sites (tertiary alicyclic amines) is 2. The molecule has 0 bridgehead atoms.